The van der Waals surface area contributed by atoms with Crippen LogP contribution >= 0.6 is 0 Å². The van der Waals surface area contributed by atoms with Crippen LogP contribution in [0.3, 0.4) is 0 Å². The minimum atomic E-state index is -0.562. The summed E-state index contributed by atoms with van der Waals surface area (Å²) in [6, 6.07) is 10.7. The van der Waals surface area contributed by atoms with Gasteiger partial charge in [-0.15, -0.1) is 0 Å². The van der Waals surface area contributed by atoms with Crippen molar-refractivity contribution in [3.05, 3.63) is 82.9 Å². The van der Waals surface area contributed by atoms with Gasteiger partial charge in [-0.1, -0.05) is 6.07 Å². The molecule has 8 heteroatoms. The molecule has 4 rings (SSSR count). The molecule has 3 N–H and O–H groups in total. The molecule has 30 heavy (non-hydrogen) atoms. The highest BCUT2D eigenvalue weighted by molar-refractivity contribution is 6.11. The summed E-state index contributed by atoms with van der Waals surface area (Å²) in [5.41, 5.74) is 2.48. The molecule has 0 spiro atoms. The number of rotatable bonds is 4. The highest BCUT2D eigenvalue weighted by Gasteiger charge is 2.29. The van der Waals surface area contributed by atoms with Gasteiger partial charge in [0, 0.05) is 37.2 Å². The number of halogens is 1. The van der Waals surface area contributed by atoms with Crippen LogP contribution in [0.1, 0.15) is 36.6 Å². The first kappa shape index (κ1) is 19.3. The molecular weight excluding hydrogens is 387 g/mol. The molecule has 0 radical (unpaired) electrons. The lowest BCUT2D eigenvalue weighted by atomic mass is 9.92. The van der Waals surface area contributed by atoms with Gasteiger partial charge in [0.25, 0.3) is 17.7 Å². The Hall–Kier alpha value is -4.07. The van der Waals surface area contributed by atoms with E-state index in [0.717, 1.165) is 0 Å². The van der Waals surface area contributed by atoms with Gasteiger partial charge in [-0.25, -0.2) is 4.39 Å². The summed E-state index contributed by atoms with van der Waals surface area (Å²) in [6.45, 7) is 0.202. The molecule has 1 aromatic heterocycles. The van der Waals surface area contributed by atoms with Crippen molar-refractivity contribution in [2.45, 2.75) is 6.54 Å². The van der Waals surface area contributed by atoms with Gasteiger partial charge in [0.05, 0.1) is 16.7 Å². The fourth-order valence-electron chi connectivity index (χ4n) is 3.44. The van der Waals surface area contributed by atoms with Crippen molar-refractivity contribution in [3.8, 4) is 11.1 Å². The van der Waals surface area contributed by atoms with Crippen molar-refractivity contribution < 1.29 is 18.8 Å². The molecule has 0 bridgehead atoms. The SMILES string of the molecule is CNC(=O)c1ccc(-c2ccc(NC(=O)c3cccnc3)cc2F)c2c1C(=O)NC2. The number of amides is 3. The average molecular weight is 404 g/mol. The minimum Gasteiger partial charge on any atom is -0.355 e. The van der Waals surface area contributed by atoms with E-state index in [-0.39, 0.29) is 40.7 Å². The van der Waals surface area contributed by atoms with Crippen LogP contribution in [0.5, 0.6) is 0 Å². The average Bonchev–Trinajstić information content (AvgIpc) is 3.15. The number of hydrogen-bond acceptors (Lipinski definition) is 4. The summed E-state index contributed by atoms with van der Waals surface area (Å²) < 4.78 is 14.9. The van der Waals surface area contributed by atoms with Crippen LogP contribution in [0.15, 0.2) is 54.9 Å². The molecule has 1 aliphatic heterocycles. The van der Waals surface area contributed by atoms with Crippen molar-refractivity contribution in [1.82, 2.24) is 15.6 Å². The van der Waals surface area contributed by atoms with Crippen molar-refractivity contribution in [2.75, 3.05) is 12.4 Å². The molecular formula is C22H17FN4O3. The van der Waals surface area contributed by atoms with Crippen LogP contribution in [-0.4, -0.2) is 29.8 Å². The van der Waals surface area contributed by atoms with Gasteiger partial charge >= 0.3 is 0 Å². The molecule has 3 aromatic rings. The smallest absolute Gasteiger partial charge is 0.257 e. The van der Waals surface area contributed by atoms with Gasteiger partial charge in [0.2, 0.25) is 0 Å². The topological polar surface area (TPSA) is 100 Å². The number of benzene rings is 2. The third-order valence-electron chi connectivity index (χ3n) is 4.88. The molecule has 7 nitrogen and oxygen atoms in total. The minimum absolute atomic E-state index is 0.202. The Balaban J connectivity index is 1.68. The zero-order valence-electron chi connectivity index (χ0n) is 16.0. The third-order valence-corrected chi connectivity index (χ3v) is 4.88. The number of fused-ring (bicyclic) bond motifs is 1. The number of carbonyl (C=O) groups excluding carboxylic acids is 3. The first-order chi connectivity index (χ1) is 14.5. The summed E-state index contributed by atoms with van der Waals surface area (Å²) in [4.78, 5) is 40.5. The number of pyridine rings is 1. The number of anilines is 1. The van der Waals surface area contributed by atoms with Crippen LogP contribution in [0.4, 0.5) is 10.1 Å². The predicted molar refractivity (Wildman–Crippen MR) is 109 cm³/mol. The molecule has 0 fully saturated rings. The standard InChI is InChI=1S/C22H17FN4O3/c1-24-21(29)16-7-6-14(17-11-26-22(30)19(16)17)15-5-4-13(9-18(15)23)27-20(28)12-3-2-8-25-10-12/h2-10H,11H2,1H3,(H,24,29)(H,26,30)(H,27,28). The van der Waals surface area contributed by atoms with E-state index in [0.29, 0.717) is 16.7 Å². The number of aromatic nitrogens is 1. The lowest BCUT2D eigenvalue weighted by Crippen LogP contribution is -2.22. The first-order valence-corrected chi connectivity index (χ1v) is 9.17. The monoisotopic (exact) mass is 404 g/mol. The zero-order valence-corrected chi connectivity index (χ0v) is 16.0. The molecule has 0 unspecified atom stereocenters. The fourth-order valence-corrected chi connectivity index (χ4v) is 3.44. The number of nitrogens with zero attached hydrogens (tertiary/aromatic N) is 1. The van der Waals surface area contributed by atoms with Crippen LogP contribution in [0.2, 0.25) is 0 Å². The summed E-state index contributed by atoms with van der Waals surface area (Å²) in [5, 5.41) is 7.82. The van der Waals surface area contributed by atoms with E-state index in [1.54, 1.807) is 30.5 Å². The first-order valence-electron chi connectivity index (χ1n) is 9.17. The van der Waals surface area contributed by atoms with Gasteiger partial charge in [0.1, 0.15) is 5.82 Å². The zero-order chi connectivity index (χ0) is 21.3. The van der Waals surface area contributed by atoms with E-state index in [1.165, 1.54) is 31.4 Å². The maximum absolute atomic E-state index is 14.9. The van der Waals surface area contributed by atoms with E-state index >= 15 is 0 Å². The molecule has 150 valence electrons. The Morgan fingerprint density at radius 1 is 1.10 bits per heavy atom. The summed E-state index contributed by atoms with van der Waals surface area (Å²) >= 11 is 0. The fraction of sp³-hybridized carbons (Fsp3) is 0.0909. The Labute approximate surface area is 171 Å². The summed E-state index contributed by atoms with van der Waals surface area (Å²) in [5.74, 6) is -1.72. The largest absolute Gasteiger partial charge is 0.355 e. The van der Waals surface area contributed by atoms with Crippen molar-refractivity contribution in [1.29, 1.82) is 0 Å². The third kappa shape index (κ3) is 3.39. The summed E-state index contributed by atoms with van der Waals surface area (Å²) in [6.07, 6.45) is 2.97. The van der Waals surface area contributed by atoms with Crippen LogP contribution < -0.4 is 16.0 Å². The Bertz CT molecular complexity index is 1180. The van der Waals surface area contributed by atoms with Gasteiger partial charge < -0.3 is 16.0 Å². The van der Waals surface area contributed by atoms with Gasteiger partial charge in [-0.3, -0.25) is 19.4 Å². The highest BCUT2D eigenvalue weighted by Crippen LogP contribution is 2.34. The van der Waals surface area contributed by atoms with Crippen LogP contribution in [0, 0.1) is 5.82 Å². The van der Waals surface area contributed by atoms with Gasteiger partial charge in [-0.2, -0.15) is 0 Å². The van der Waals surface area contributed by atoms with Gasteiger partial charge in [0.15, 0.2) is 0 Å². The second kappa shape index (κ2) is 7.75. The Morgan fingerprint density at radius 3 is 2.60 bits per heavy atom. The van der Waals surface area contributed by atoms with E-state index in [4.69, 9.17) is 0 Å². The second-order valence-corrected chi connectivity index (χ2v) is 6.67. The molecule has 3 amide bonds. The quantitative estimate of drug-likeness (QED) is 0.623. The molecule has 2 aromatic carbocycles. The van der Waals surface area contributed by atoms with Crippen molar-refractivity contribution in [3.63, 3.8) is 0 Å². The molecule has 0 atom stereocenters. The van der Waals surface area contributed by atoms with Gasteiger partial charge in [-0.05, 0) is 47.5 Å². The Morgan fingerprint density at radius 2 is 1.90 bits per heavy atom. The van der Waals surface area contributed by atoms with Crippen LogP contribution in [-0.2, 0) is 6.54 Å². The van der Waals surface area contributed by atoms with Crippen molar-refractivity contribution in [2.24, 2.45) is 0 Å². The molecule has 0 aliphatic carbocycles. The highest BCUT2D eigenvalue weighted by atomic mass is 19.1. The molecule has 0 saturated heterocycles. The maximum atomic E-state index is 14.9. The predicted octanol–water partition coefficient (Wildman–Crippen LogP) is 2.74. The summed E-state index contributed by atoms with van der Waals surface area (Å²) in [7, 11) is 1.48. The lowest BCUT2D eigenvalue weighted by molar-refractivity contribution is 0.0932. The number of hydrogen-bond donors (Lipinski definition) is 3. The maximum Gasteiger partial charge on any atom is 0.257 e. The number of carbonyl (C=O) groups is 3. The molecule has 1 aliphatic rings. The van der Waals surface area contributed by atoms with E-state index in [1.807, 2.05) is 0 Å². The van der Waals surface area contributed by atoms with E-state index in [2.05, 4.69) is 20.9 Å². The molecule has 2 heterocycles. The van der Waals surface area contributed by atoms with Crippen molar-refractivity contribution >= 4 is 23.4 Å². The van der Waals surface area contributed by atoms with Crippen LogP contribution in [0.25, 0.3) is 11.1 Å². The normalized spacial score (nSPS) is 12.1. The number of nitrogens with one attached hydrogen (secondary N) is 3. The lowest BCUT2D eigenvalue weighted by Gasteiger charge is -2.13. The molecule has 0 saturated carbocycles. The second-order valence-electron chi connectivity index (χ2n) is 6.67. The van der Waals surface area contributed by atoms with E-state index in [9.17, 15) is 18.8 Å². The van der Waals surface area contributed by atoms with E-state index < -0.39 is 11.7 Å². The Kier molecular flexibility index (Phi) is 4.97.